The first-order chi connectivity index (χ1) is 7.82. The van der Waals surface area contributed by atoms with Gasteiger partial charge in [-0.15, -0.1) is 0 Å². The Labute approximate surface area is 101 Å². The van der Waals surface area contributed by atoms with Crippen molar-refractivity contribution < 1.29 is 19.8 Å². The molecule has 6 heteroatoms. The highest BCUT2D eigenvalue weighted by atomic mass is 16.4. The summed E-state index contributed by atoms with van der Waals surface area (Å²) in [5.74, 6) is -0.769. The SMILES string of the molecule is CC(C)CCC(C)NC(=O)NCC(O)C(=O)O. The monoisotopic (exact) mass is 246 g/mol. The molecule has 0 radical (unpaired) electrons. The van der Waals surface area contributed by atoms with Crippen molar-refractivity contribution in [3.63, 3.8) is 0 Å². The predicted molar refractivity (Wildman–Crippen MR) is 63.7 cm³/mol. The third kappa shape index (κ3) is 8.50. The standard InChI is InChI=1S/C11H22N2O4/c1-7(2)4-5-8(3)13-11(17)12-6-9(14)10(15)16/h7-9,14H,4-6H2,1-3H3,(H,15,16)(H2,12,13,17). The molecule has 0 saturated carbocycles. The van der Waals surface area contributed by atoms with E-state index >= 15 is 0 Å². The summed E-state index contributed by atoms with van der Waals surface area (Å²) < 4.78 is 0. The molecular weight excluding hydrogens is 224 g/mol. The fraction of sp³-hybridized carbons (Fsp3) is 0.818. The Morgan fingerprint density at radius 3 is 2.24 bits per heavy atom. The van der Waals surface area contributed by atoms with E-state index in [0.717, 1.165) is 12.8 Å². The van der Waals surface area contributed by atoms with Crippen molar-refractivity contribution in [2.24, 2.45) is 5.92 Å². The number of hydrogen-bond acceptors (Lipinski definition) is 3. The van der Waals surface area contributed by atoms with Crippen molar-refractivity contribution in [3.05, 3.63) is 0 Å². The van der Waals surface area contributed by atoms with Crippen LogP contribution in [-0.4, -0.2) is 40.9 Å². The smallest absolute Gasteiger partial charge is 0.334 e. The highest BCUT2D eigenvalue weighted by Gasteiger charge is 2.14. The molecular formula is C11H22N2O4. The van der Waals surface area contributed by atoms with Crippen molar-refractivity contribution >= 4 is 12.0 Å². The van der Waals surface area contributed by atoms with Gasteiger partial charge in [0.15, 0.2) is 6.10 Å². The Morgan fingerprint density at radius 1 is 1.18 bits per heavy atom. The number of urea groups is 1. The number of nitrogens with one attached hydrogen (secondary N) is 2. The van der Waals surface area contributed by atoms with E-state index in [1.165, 1.54) is 0 Å². The Morgan fingerprint density at radius 2 is 1.76 bits per heavy atom. The van der Waals surface area contributed by atoms with Crippen LogP contribution in [0.3, 0.4) is 0 Å². The zero-order valence-electron chi connectivity index (χ0n) is 10.6. The van der Waals surface area contributed by atoms with Crippen molar-refractivity contribution in [1.29, 1.82) is 0 Å². The van der Waals surface area contributed by atoms with Crippen LogP contribution in [0.2, 0.25) is 0 Å². The first kappa shape index (κ1) is 15.7. The lowest BCUT2D eigenvalue weighted by molar-refractivity contribution is -0.146. The van der Waals surface area contributed by atoms with Gasteiger partial charge in [-0.1, -0.05) is 13.8 Å². The van der Waals surface area contributed by atoms with E-state index in [4.69, 9.17) is 10.2 Å². The quantitative estimate of drug-likeness (QED) is 0.527. The maximum Gasteiger partial charge on any atom is 0.334 e. The van der Waals surface area contributed by atoms with Gasteiger partial charge in [0.05, 0.1) is 6.54 Å². The Balaban J connectivity index is 3.74. The summed E-state index contributed by atoms with van der Waals surface area (Å²) in [6, 6.07) is -0.430. The maximum atomic E-state index is 11.3. The van der Waals surface area contributed by atoms with Gasteiger partial charge in [0, 0.05) is 6.04 Å². The molecule has 0 fully saturated rings. The minimum Gasteiger partial charge on any atom is -0.479 e. The number of carbonyl (C=O) groups excluding carboxylic acids is 1. The second-order valence-corrected chi connectivity index (χ2v) is 4.58. The van der Waals surface area contributed by atoms with E-state index in [0.29, 0.717) is 5.92 Å². The van der Waals surface area contributed by atoms with Gasteiger partial charge in [-0.2, -0.15) is 0 Å². The number of hydrogen-bond donors (Lipinski definition) is 4. The molecule has 0 aromatic carbocycles. The van der Waals surface area contributed by atoms with Gasteiger partial charge in [-0.3, -0.25) is 0 Å². The van der Waals surface area contributed by atoms with E-state index in [-0.39, 0.29) is 12.6 Å². The molecule has 17 heavy (non-hydrogen) atoms. The molecule has 0 aliphatic rings. The van der Waals surface area contributed by atoms with Crippen LogP contribution >= 0.6 is 0 Å². The molecule has 0 aromatic heterocycles. The number of amides is 2. The van der Waals surface area contributed by atoms with Crippen LogP contribution in [0.25, 0.3) is 0 Å². The normalized spacial score (nSPS) is 14.2. The fourth-order valence-electron chi connectivity index (χ4n) is 1.21. The molecule has 4 N–H and O–H groups in total. The minimum absolute atomic E-state index is 0.0272. The molecule has 0 rings (SSSR count). The van der Waals surface area contributed by atoms with Gasteiger partial charge in [0.2, 0.25) is 0 Å². The molecule has 0 aliphatic heterocycles. The number of carboxylic acids is 1. The summed E-state index contributed by atoms with van der Waals surface area (Å²) in [5, 5.41) is 22.3. The van der Waals surface area contributed by atoms with E-state index in [1.807, 2.05) is 6.92 Å². The van der Waals surface area contributed by atoms with Crippen LogP contribution in [-0.2, 0) is 4.79 Å². The summed E-state index contributed by atoms with van der Waals surface area (Å²) in [6.07, 6.45) is 0.318. The average molecular weight is 246 g/mol. The molecule has 0 spiro atoms. The summed E-state index contributed by atoms with van der Waals surface area (Å²) in [6.45, 7) is 5.81. The number of aliphatic hydroxyl groups excluding tert-OH is 1. The van der Waals surface area contributed by atoms with E-state index in [2.05, 4.69) is 24.5 Å². The molecule has 2 atom stereocenters. The third-order valence-electron chi connectivity index (χ3n) is 2.30. The average Bonchev–Trinajstić information content (AvgIpc) is 2.22. The van der Waals surface area contributed by atoms with Crippen LogP contribution in [0, 0.1) is 5.92 Å². The van der Waals surface area contributed by atoms with E-state index < -0.39 is 18.1 Å². The molecule has 0 aliphatic carbocycles. The zero-order chi connectivity index (χ0) is 13.4. The largest absolute Gasteiger partial charge is 0.479 e. The Kier molecular flexibility index (Phi) is 7.29. The third-order valence-corrected chi connectivity index (χ3v) is 2.30. The van der Waals surface area contributed by atoms with Crippen molar-refractivity contribution in [1.82, 2.24) is 10.6 Å². The molecule has 2 amide bonds. The summed E-state index contributed by atoms with van der Waals surface area (Å²) in [5.41, 5.74) is 0. The number of carboxylic acid groups (broad SMARTS) is 1. The molecule has 0 aromatic rings. The fourth-order valence-corrected chi connectivity index (χ4v) is 1.21. The van der Waals surface area contributed by atoms with Crippen LogP contribution in [0.1, 0.15) is 33.6 Å². The van der Waals surface area contributed by atoms with Gasteiger partial charge in [-0.05, 0) is 25.7 Å². The highest BCUT2D eigenvalue weighted by molar-refractivity contribution is 5.76. The molecule has 0 heterocycles. The summed E-state index contributed by atoms with van der Waals surface area (Å²) in [4.78, 5) is 21.6. The Bertz CT molecular complexity index is 256. The van der Waals surface area contributed by atoms with Crippen LogP contribution in [0.5, 0.6) is 0 Å². The molecule has 2 unspecified atom stereocenters. The first-order valence-corrected chi connectivity index (χ1v) is 5.78. The molecule has 100 valence electrons. The van der Waals surface area contributed by atoms with Crippen molar-refractivity contribution in [3.8, 4) is 0 Å². The molecule has 0 bridgehead atoms. The van der Waals surface area contributed by atoms with Crippen LogP contribution in [0.15, 0.2) is 0 Å². The van der Waals surface area contributed by atoms with Gasteiger partial charge >= 0.3 is 12.0 Å². The number of aliphatic carboxylic acids is 1. The van der Waals surface area contributed by atoms with Crippen molar-refractivity contribution in [2.45, 2.75) is 45.8 Å². The van der Waals surface area contributed by atoms with Crippen LogP contribution in [0.4, 0.5) is 4.79 Å². The van der Waals surface area contributed by atoms with Crippen LogP contribution < -0.4 is 10.6 Å². The lowest BCUT2D eigenvalue weighted by atomic mass is 10.0. The van der Waals surface area contributed by atoms with Gasteiger partial charge < -0.3 is 20.8 Å². The molecule has 0 saturated heterocycles. The number of rotatable bonds is 7. The predicted octanol–water partition coefficient (Wildman–Crippen LogP) is 0.556. The number of carbonyl (C=O) groups is 2. The lowest BCUT2D eigenvalue weighted by Gasteiger charge is -2.16. The van der Waals surface area contributed by atoms with E-state index in [9.17, 15) is 9.59 Å². The first-order valence-electron chi connectivity index (χ1n) is 5.78. The maximum absolute atomic E-state index is 11.3. The van der Waals surface area contributed by atoms with Crippen molar-refractivity contribution in [2.75, 3.05) is 6.54 Å². The van der Waals surface area contributed by atoms with E-state index in [1.54, 1.807) is 0 Å². The second kappa shape index (κ2) is 7.89. The second-order valence-electron chi connectivity index (χ2n) is 4.58. The van der Waals surface area contributed by atoms with Gasteiger partial charge in [-0.25, -0.2) is 9.59 Å². The number of aliphatic hydroxyl groups is 1. The summed E-state index contributed by atoms with van der Waals surface area (Å²) >= 11 is 0. The van der Waals surface area contributed by atoms with Gasteiger partial charge in [0.1, 0.15) is 0 Å². The zero-order valence-corrected chi connectivity index (χ0v) is 10.6. The topological polar surface area (TPSA) is 98.7 Å². The summed E-state index contributed by atoms with van der Waals surface area (Å²) in [7, 11) is 0. The molecule has 6 nitrogen and oxygen atoms in total. The minimum atomic E-state index is -1.56. The Hall–Kier alpha value is -1.30. The lowest BCUT2D eigenvalue weighted by Crippen LogP contribution is -2.45. The van der Waals surface area contributed by atoms with Gasteiger partial charge in [0.25, 0.3) is 0 Å². The highest BCUT2D eigenvalue weighted by Crippen LogP contribution is 2.05.